The quantitative estimate of drug-likeness (QED) is 0.448. The average Bonchev–Trinajstić information content (AvgIpc) is 2.68. The number of carbonyl (C=O) groups is 2. The highest BCUT2D eigenvalue weighted by Crippen LogP contribution is 2.22. The monoisotopic (exact) mass is 367 g/mol. The molecule has 0 spiro atoms. The van der Waals surface area contributed by atoms with Crippen LogP contribution in [0.5, 0.6) is 5.75 Å². The molecule has 0 aliphatic rings. The van der Waals surface area contributed by atoms with E-state index in [4.69, 9.17) is 4.74 Å². The Hall–Kier alpha value is -3.15. The normalized spacial score (nSPS) is 10.6. The number of para-hydroxylation sites is 1. The van der Waals surface area contributed by atoms with Gasteiger partial charge in [-0.05, 0) is 48.6 Å². The van der Waals surface area contributed by atoms with Crippen LogP contribution in [0.3, 0.4) is 0 Å². The third-order valence-electron chi connectivity index (χ3n) is 3.99. The van der Waals surface area contributed by atoms with Crippen molar-refractivity contribution in [2.75, 3.05) is 11.9 Å². The van der Waals surface area contributed by atoms with Crippen LogP contribution in [0.15, 0.2) is 47.6 Å². The smallest absolute Gasteiger partial charge is 0.329 e. The van der Waals surface area contributed by atoms with E-state index in [2.05, 4.69) is 15.8 Å². The average molecular weight is 367 g/mol. The van der Waals surface area contributed by atoms with Crippen molar-refractivity contribution in [3.8, 4) is 5.75 Å². The van der Waals surface area contributed by atoms with E-state index in [1.54, 1.807) is 6.07 Å². The van der Waals surface area contributed by atoms with Gasteiger partial charge in [0.25, 0.3) is 0 Å². The van der Waals surface area contributed by atoms with Crippen molar-refractivity contribution < 1.29 is 14.3 Å². The highest BCUT2D eigenvalue weighted by atomic mass is 16.5. The van der Waals surface area contributed by atoms with Crippen molar-refractivity contribution in [1.82, 2.24) is 5.43 Å². The van der Waals surface area contributed by atoms with Gasteiger partial charge in [0.2, 0.25) is 0 Å². The van der Waals surface area contributed by atoms with E-state index in [1.807, 2.05) is 57.2 Å². The number of nitrogens with one attached hydrogen (secondary N) is 2. The van der Waals surface area contributed by atoms with E-state index in [0.29, 0.717) is 18.0 Å². The lowest BCUT2D eigenvalue weighted by Gasteiger charge is -2.13. The van der Waals surface area contributed by atoms with E-state index < -0.39 is 11.8 Å². The number of rotatable bonds is 7. The van der Waals surface area contributed by atoms with Crippen molar-refractivity contribution in [3.05, 3.63) is 59.2 Å². The predicted octanol–water partition coefficient (Wildman–Crippen LogP) is 3.30. The summed E-state index contributed by atoms with van der Waals surface area (Å²) in [7, 11) is 0. The minimum Gasteiger partial charge on any atom is -0.494 e. The van der Waals surface area contributed by atoms with Gasteiger partial charge in [-0.2, -0.15) is 5.10 Å². The number of nitrogens with zero attached hydrogens (tertiary/aromatic N) is 1. The number of carbonyl (C=O) groups excluding carboxylic acids is 2. The lowest BCUT2D eigenvalue weighted by molar-refractivity contribution is -0.136. The highest BCUT2D eigenvalue weighted by Gasteiger charge is 2.16. The summed E-state index contributed by atoms with van der Waals surface area (Å²) in [6.45, 7) is 6.48. The molecule has 0 saturated heterocycles. The molecule has 0 saturated carbocycles. The molecule has 2 aromatic carbocycles. The van der Waals surface area contributed by atoms with Gasteiger partial charge < -0.3 is 10.1 Å². The fourth-order valence-corrected chi connectivity index (χ4v) is 2.64. The first-order chi connectivity index (χ1) is 13.1. The number of hydrazone groups is 1. The Kier molecular flexibility index (Phi) is 7.55. The zero-order valence-corrected chi connectivity index (χ0v) is 15.9. The Labute approximate surface area is 159 Å². The summed E-state index contributed by atoms with van der Waals surface area (Å²) in [5, 5.41) is 6.56. The Morgan fingerprint density at radius 1 is 1.00 bits per heavy atom. The Bertz CT molecular complexity index is 809. The predicted molar refractivity (Wildman–Crippen MR) is 107 cm³/mol. The third kappa shape index (κ3) is 5.67. The second kappa shape index (κ2) is 10.1. The van der Waals surface area contributed by atoms with Crippen LogP contribution in [0, 0.1) is 0 Å². The molecule has 2 rings (SSSR count). The van der Waals surface area contributed by atoms with Crippen LogP contribution in [-0.4, -0.2) is 24.6 Å². The van der Waals surface area contributed by atoms with Gasteiger partial charge in [-0.25, -0.2) is 5.43 Å². The van der Waals surface area contributed by atoms with Gasteiger partial charge in [-0.3, -0.25) is 9.59 Å². The van der Waals surface area contributed by atoms with Crippen molar-refractivity contribution >= 4 is 23.7 Å². The number of anilines is 1. The Morgan fingerprint density at radius 3 is 2.30 bits per heavy atom. The van der Waals surface area contributed by atoms with E-state index in [0.717, 1.165) is 29.5 Å². The molecule has 2 N–H and O–H groups in total. The summed E-state index contributed by atoms with van der Waals surface area (Å²) in [6.07, 6.45) is 2.99. The number of aryl methyl sites for hydroxylation is 2. The molecule has 0 aromatic heterocycles. The molecule has 0 radical (unpaired) electrons. The number of benzene rings is 2. The van der Waals surface area contributed by atoms with Gasteiger partial charge >= 0.3 is 11.8 Å². The van der Waals surface area contributed by atoms with Gasteiger partial charge in [-0.1, -0.05) is 44.2 Å². The summed E-state index contributed by atoms with van der Waals surface area (Å²) in [6, 6.07) is 13.1. The van der Waals surface area contributed by atoms with Crippen molar-refractivity contribution in [2.45, 2.75) is 33.6 Å². The number of hydrogen-bond donors (Lipinski definition) is 2. The fourth-order valence-electron chi connectivity index (χ4n) is 2.64. The molecule has 0 heterocycles. The molecule has 6 nitrogen and oxygen atoms in total. The Morgan fingerprint density at radius 2 is 1.67 bits per heavy atom. The Balaban J connectivity index is 2.00. The SMILES string of the molecule is CCOc1cccc(/C=N\NC(=O)C(=O)Nc2c(CC)cccc2CC)c1. The summed E-state index contributed by atoms with van der Waals surface area (Å²) >= 11 is 0. The first-order valence-electron chi connectivity index (χ1n) is 9.07. The van der Waals surface area contributed by atoms with Crippen LogP contribution in [0.1, 0.15) is 37.5 Å². The molecule has 0 aliphatic heterocycles. The summed E-state index contributed by atoms with van der Waals surface area (Å²) in [4.78, 5) is 24.3. The van der Waals surface area contributed by atoms with Crippen LogP contribution in [-0.2, 0) is 22.4 Å². The van der Waals surface area contributed by atoms with E-state index in [9.17, 15) is 9.59 Å². The van der Waals surface area contributed by atoms with Crippen LogP contribution in [0.4, 0.5) is 5.69 Å². The maximum absolute atomic E-state index is 12.2. The van der Waals surface area contributed by atoms with Crippen molar-refractivity contribution in [1.29, 1.82) is 0 Å². The molecular formula is C21H25N3O3. The number of amides is 2. The van der Waals surface area contributed by atoms with E-state index >= 15 is 0 Å². The maximum atomic E-state index is 12.2. The molecule has 2 amide bonds. The third-order valence-corrected chi connectivity index (χ3v) is 3.99. The minimum atomic E-state index is -0.819. The molecule has 0 fully saturated rings. The van der Waals surface area contributed by atoms with E-state index in [-0.39, 0.29) is 0 Å². The molecule has 27 heavy (non-hydrogen) atoms. The second-order valence-electron chi connectivity index (χ2n) is 5.82. The summed E-state index contributed by atoms with van der Waals surface area (Å²) < 4.78 is 5.41. The van der Waals surface area contributed by atoms with Crippen LogP contribution >= 0.6 is 0 Å². The molecule has 142 valence electrons. The summed E-state index contributed by atoms with van der Waals surface area (Å²) in [5.41, 5.74) is 5.70. The van der Waals surface area contributed by atoms with Crippen LogP contribution in [0.25, 0.3) is 0 Å². The summed E-state index contributed by atoms with van der Waals surface area (Å²) in [5.74, 6) is -0.847. The lowest BCUT2D eigenvalue weighted by atomic mass is 10.0. The van der Waals surface area contributed by atoms with Gasteiger partial charge in [0, 0.05) is 5.69 Å². The van der Waals surface area contributed by atoms with Crippen LogP contribution < -0.4 is 15.5 Å². The number of hydrogen-bond acceptors (Lipinski definition) is 4. The molecule has 2 aromatic rings. The maximum Gasteiger partial charge on any atom is 0.329 e. The second-order valence-corrected chi connectivity index (χ2v) is 5.82. The molecule has 0 aliphatic carbocycles. The van der Waals surface area contributed by atoms with E-state index in [1.165, 1.54) is 6.21 Å². The van der Waals surface area contributed by atoms with Crippen LogP contribution in [0.2, 0.25) is 0 Å². The highest BCUT2D eigenvalue weighted by molar-refractivity contribution is 6.39. The minimum absolute atomic E-state index is 0.566. The van der Waals surface area contributed by atoms with Crippen molar-refractivity contribution in [3.63, 3.8) is 0 Å². The zero-order valence-electron chi connectivity index (χ0n) is 15.9. The first kappa shape index (κ1) is 20.2. The standard InChI is InChI=1S/C21H25N3O3/c1-4-16-10-8-11-17(5-2)19(16)23-20(25)21(26)24-22-14-15-9-7-12-18(13-15)27-6-3/h7-14H,4-6H2,1-3H3,(H,23,25)(H,24,26)/b22-14-. The number of ether oxygens (including phenoxy) is 1. The van der Waals surface area contributed by atoms with Gasteiger partial charge in [-0.15, -0.1) is 0 Å². The topological polar surface area (TPSA) is 79.8 Å². The molecule has 0 unspecified atom stereocenters. The first-order valence-corrected chi connectivity index (χ1v) is 9.07. The molecule has 0 bridgehead atoms. The fraction of sp³-hybridized carbons (Fsp3) is 0.286. The van der Waals surface area contributed by atoms with Crippen molar-refractivity contribution in [2.24, 2.45) is 5.10 Å². The van der Waals surface area contributed by atoms with Gasteiger partial charge in [0.05, 0.1) is 12.8 Å². The van der Waals surface area contributed by atoms with Gasteiger partial charge in [0.1, 0.15) is 5.75 Å². The van der Waals surface area contributed by atoms with Gasteiger partial charge in [0.15, 0.2) is 0 Å². The molecular weight excluding hydrogens is 342 g/mol. The largest absolute Gasteiger partial charge is 0.494 e. The zero-order chi connectivity index (χ0) is 19.6. The molecule has 0 atom stereocenters. The lowest BCUT2D eigenvalue weighted by Crippen LogP contribution is -2.33. The molecule has 6 heteroatoms.